The summed E-state index contributed by atoms with van der Waals surface area (Å²) in [6.45, 7) is 17.6. The zero-order valence-corrected chi connectivity index (χ0v) is 32.3. The predicted octanol–water partition coefficient (Wildman–Crippen LogP) is 8.41. The van der Waals surface area contributed by atoms with Crippen molar-refractivity contribution >= 4 is 36.1 Å². The number of carbonyl (C=O) groups is 1. The number of aromatic nitrogens is 2. The van der Waals surface area contributed by atoms with Crippen molar-refractivity contribution in [2.24, 2.45) is 28.6 Å². The maximum atomic E-state index is 14.7. The number of ketones is 1. The first-order chi connectivity index (χ1) is 22.5. The molecule has 1 saturated heterocycles. The fourth-order valence-corrected chi connectivity index (χ4v) is 11.5. The van der Waals surface area contributed by atoms with Crippen molar-refractivity contribution in [3.8, 4) is 5.69 Å². The Hall–Kier alpha value is -1.69. The van der Waals surface area contributed by atoms with Crippen molar-refractivity contribution in [3.63, 3.8) is 0 Å². The number of carbonyl (C=O) groups excluding carboxylic acids is 1. The van der Waals surface area contributed by atoms with Gasteiger partial charge in [-0.2, -0.15) is 5.10 Å². The Balaban J connectivity index is 1.21. The Morgan fingerprint density at radius 3 is 2.71 bits per heavy atom. The second-order valence-electron chi connectivity index (χ2n) is 17.3. The Labute approximate surface area is 294 Å². The number of rotatable bonds is 7. The van der Waals surface area contributed by atoms with E-state index in [-0.39, 0.29) is 52.5 Å². The first-order valence-electron chi connectivity index (χ1n) is 17.9. The van der Waals surface area contributed by atoms with Crippen molar-refractivity contribution in [2.75, 3.05) is 6.61 Å². The average Bonchev–Trinajstić information content (AvgIpc) is 3.65. The molecule has 1 aliphatic heterocycles. The molecular weight excluding hydrogens is 691 g/mol. The van der Waals surface area contributed by atoms with E-state index in [1.54, 1.807) is 12.1 Å². The van der Waals surface area contributed by atoms with Gasteiger partial charge in [0.15, 0.2) is 26.0 Å². The van der Waals surface area contributed by atoms with E-state index in [1.807, 2.05) is 10.9 Å². The van der Waals surface area contributed by atoms with Crippen LogP contribution in [0.5, 0.6) is 0 Å². The number of fused-ring (bicyclic) bond motifs is 8. The first kappa shape index (κ1) is 34.7. The highest BCUT2D eigenvalue weighted by molar-refractivity contribution is 9.10. The highest BCUT2D eigenvalue weighted by Gasteiger charge is 2.76. The van der Waals surface area contributed by atoms with Crippen LogP contribution in [0.25, 0.3) is 11.8 Å². The van der Waals surface area contributed by atoms with Crippen LogP contribution < -0.4 is 0 Å². The molecule has 1 unspecified atom stereocenters. The monoisotopic (exact) mass is 742 g/mol. The van der Waals surface area contributed by atoms with Gasteiger partial charge in [0.2, 0.25) is 0 Å². The Morgan fingerprint density at radius 2 is 2.02 bits per heavy atom. The molecule has 9 atom stereocenters. The predicted molar refractivity (Wildman–Crippen MR) is 190 cm³/mol. The lowest BCUT2D eigenvalue weighted by Gasteiger charge is -2.60. The molecule has 2 aromatic rings. The molecule has 0 radical (unpaired) electrons. The molecule has 4 fully saturated rings. The third-order valence-electron chi connectivity index (χ3n) is 13.7. The molecule has 7 rings (SSSR count). The number of halogens is 2. The average molecular weight is 744 g/mol. The molecule has 1 N–H and O–H groups in total. The lowest BCUT2D eigenvalue weighted by atomic mass is 9.45. The first-order valence-corrected chi connectivity index (χ1v) is 21.6. The van der Waals surface area contributed by atoms with E-state index in [1.165, 1.54) is 11.6 Å². The van der Waals surface area contributed by atoms with E-state index in [9.17, 15) is 14.3 Å². The van der Waals surface area contributed by atoms with Gasteiger partial charge in [0.25, 0.3) is 0 Å². The molecule has 0 bridgehead atoms. The zero-order chi connectivity index (χ0) is 34.6. The van der Waals surface area contributed by atoms with E-state index in [2.05, 4.69) is 76.6 Å². The van der Waals surface area contributed by atoms with Gasteiger partial charge in [-0.15, -0.1) is 0 Å². The summed E-state index contributed by atoms with van der Waals surface area (Å²) in [4.78, 5) is 14.7. The number of aliphatic hydroxyl groups excluding tert-OH is 1. The number of hydrogen-bond donors (Lipinski definition) is 1. The van der Waals surface area contributed by atoms with Crippen LogP contribution in [0.1, 0.15) is 91.3 Å². The topological polar surface area (TPSA) is 82.8 Å². The van der Waals surface area contributed by atoms with Crippen LogP contribution in [0.15, 0.2) is 34.4 Å². The van der Waals surface area contributed by atoms with Crippen LogP contribution in [0.3, 0.4) is 0 Å². The highest BCUT2D eigenvalue weighted by atomic mass is 79.9. The molecule has 0 spiro atoms. The van der Waals surface area contributed by atoms with Crippen LogP contribution in [-0.4, -0.2) is 59.7 Å². The molecule has 1 aromatic heterocycles. The van der Waals surface area contributed by atoms with Crippen molar-refractivity contribution in [1.29, 1.82) is 0 Å². The SMILES string of the molecule is CCCC1O[C@@H]2C[C@H]3[C@@H]4CCC5=Cc6c(cnn6-c6ccc(F)c(Br)c6)C[C@]5(C)[C@H]4[C@@H](O)C[C@]3(C)[C@]2(C(=O)CO[Si](C)(C)C(C)(C)C)O1. The minimum atomic E-state index is -2.19. The number of nitrogens with zero attached hydrogens (tertiary/aromatic N) is 2. The third-order valence-corrected chi connectivity index (χ3v) is 18.8. The molecule has 10 heteroatoms. The second-order valence-corrected chi connectivity index (χ2v) is 22.9. The smallest absolute Gasteiger partial charge is 0.192 e. The maximum Gasteiger partial charge on any atom is 0.192 e. The minimum absolute atomic E-state index is 0.0173. The normalized spacial score (nSPS) is 37.3. The van der Waals surface area contributed by atoms with Crippen molar-refractivity contribution < 1.29 is 28.2 Å². The maximum absolute atomic E-state index is 14.7. The van der Waals surface area contributed by atoms with Crippen molar-refractivity contribution in [1.82, 2.24) is 9.78 Å². The van der Waals surface area contributed by atoms with E-state index in [0.29, 0.717) is 10.9 Å². The fraction of sp³-hybridized carbons (Fsp3) is 0.684. The van der Waals surface area contributed by atoms with Crippen LogP contribution in [0, 0.1) is 34.4 Å². The molecule has 262 valence electrons. The summed E-state index contributed by atoms with van der Waals surface area (Å²) in [5.41, 5.74) is 2.35. The summed E-state index contributed by atoms with van der Waals surface area (Å²) in [7, 11) is -2.19. The number of allylic oxidation sites excluding steroid dienone is 1. The van der Waals surface area contributed by atoms with Gasteiger partial charge in [0.1, 0.15) is 5.82 Å². The van der Waals surface area contributed by atoms with Gasteiger partial charge in [0.05, 0.1) is 40.9 Å². The van der Waals surface area contributed by atoms with Crippen LogP contribution in [0.2, 0.25) is 18.1 Å². The van der Waals surface area contributed by atoms with E-state index in [0.717, 1.165) is 55.5 Å². The Kier molecular flexibility index (Phi) is 8.45. The van der Waals surface area contributed by atoms with Gasteiger partial charge in [-0.05, 0) is 126 Å². The van der Waals surface area contributed by atoms with Crippen molar-refractivity contribution in [2.45, 2.75) is 129 Å². The number of benzene rings is 1. The van der Waals surface area contributed by atoms with Gasteiger partial charge in [-0.1, -0.05) is 53.5 Å². The molecule has 5 aliphatic rings. The van der Waals surface area contributed by atoms with Gasteiger partial charge in [-0.3, -0.25) is 4.79 Å². The molecule has 3 saturated carbocycles. The lowest BCUT2D eigenvalue weighted by molar-refractivity contribution is -0.202. The summed E-state index contributed by atoms with van der Waals surface area (Å²) in [5, 5.41) is 17.1. The third kappa shape index (κ3) is 4.97. The van der Waals surface area contributed by atoms with Gasteiger partial charge in [0, 0.05) is 5.41 Å². The lowest BCUT2D eigenvalue weighted by Crippen LogP contribution is -2.64. The molecule has 2 heterocycles. The Bertz CT molecular complexity index is 1650. The van der Waals surface area contributed by atoms with Crippen LogP contribution >= 0.6 is 15.9 Å². The summed E-state index contributed by atoms with van der Waals surface area (Å²) in [6, 6.07) is 4.97. The standard InChI is InChI=1S/C38H52BrFN2O5Si/c1-9-10-33-46-32-17-26-25-13-11-23-15-29-22(20-41-42(29)24-12-14-28(40)27(39)16-24)18-36(23,5)34(25)30(43)19-37(26,6)38(32,47-33)31(44)21-45-48(7,8)35(2,3)4/h12,14-16,20,25-26,30,32-34,43H,9-11,13,17-19,21H2,1-8H3/t25-,26-,30-,32+,33?,34+,36-,37-,38+/m0/s1. The number of aliphatic hydroxyl groups is 1. The Morgan fingerprint density at radius 1 is 1.27 bits per heavy atom. The molecule has 7 nitrogen and oxygen atoms in total. The van der Waals surface area contributed by atoms with Gasteiger partial charge < -0.3 is 19.0 Å². The fourth-order valence-electron chi connectivity index (χ4n) is 10.3. The largest absolute Gasteiger partial charge is 0.409 e. The number of Topliss-reactive ketones (excluding diaryl/α,β-unsaturated/α-hetero) is 1. The van der Waals surface area contributed by atoms with Crippen LogP contribution in [-0.2, 0) is 25.1 Å². The van der Waals surface area contributed by atoms with E-state index < -0.39 is 31.7 Å². The van der Waals surface area contributed by atoms with Gasteiger partial charge in [-0.25, -0.2) is 9.07 Å². The summed E-state index contributed by atoms with van der Waals surface area (Å²) in [5.74, 6) is 0.110. The zero-order valence-electron chi connectivity index (χ0n) is 29.7. The van der Waals surface area contributed by atoms with E-state index >= 15 is 0 Å². The summed E-state index contributed by atoms with van der Waals surface area (Å²) < 4.78 is 36.4. The van der Waals surface area contributed by atoms with Crippen LogP contribution in [0.4, 0.5) is 4.39 Å². The quantitative estimate of drug-likeness (QED) is 0.287. The molecule has 1 aromatic carbocycles. The number of hydrogen-bond acceptors (Lipinski definition) is 6. The molecular formula is C38H52BrFN2O5Si. The molecule has 0 amide bonds. The second kappa shape index (κ2) is 11.7. The summed E-state index contributed by atoms with van der Waals surface area (Å²) in [6.07, 6.45) is 8.34. The molecule has 4 aliphatic carbocycles. The minimum Gasteiger partial charge on any atom is -0.409 e. The van der Waals surface area contributed by atoms with Gasteiger partial charge >= 0.3 is 0 Å². The molecule has 48 heavy (non-hydrogen) atoms. The van der Waals surface area contributed by atoms with E-state index in [4.69, 9.17) is 19.0 Å². The summed E-state index contributed by atoms with van der Waals surface area (Å²) >= 11 is 3.33. The highest BCUT2D eigenvalue weighted by Crippen LogP contribution is 2.70. The van der Waals surface area contributed by atoms with Crippen molar-refractivity contribution in [3.05, 3.63) is 51.5 Å². The number of ether oxygens (including phenoxy) is 2.